The predicted molar refractivity (Wildman–Crippen MR) is 90.0 cm³/mol. The second-order valence-electron chi connectivity index (χ2n) is 5.88. The molecule has 1 heterocycles. The van der Waals surface area contributed by atoms with Gasteiger partial charge >= 0.3 is 0 Å². The number of hydrogen-bond donors (Lipinski definition) is 1. The third kappa shape index (κ3) is 3.35. The molecule has 0 saturated heterocycles. The number of aromatic nitrogens is 1. The van der Waals surface area contributed by atoms with Crippen LogP contribution in [0.1, 0.15) is 59.4 Å². The Morgan fingerprint density at radius 1 is 1.19 bits per heavy atom. The summed E-state index contributed by atoms with van der Waals surface area (Å²) in [4.78, 5) is 6.25. The van der Waals surface area contributed by atoms with Crippen molar-refractivity contribution in [2.75, 3.05) is 0 Å². The van der Waals surface area contributed by atoms with Crippen molar-refractivity contribution < 1.29 is 0 Å². The number of aryl methyl sites for hydroxylation is 3. The van der Waals surface area contributed by atoms with Crippen LogP contribution in [-0.2, 0) is 12.8 Å². The van der Waals surface area contributed by atoms with Gasteiger partial charge in [-0.25, -0.2) is 4.98 Å². The van der Waals surface area contributed by atoms with Gasteiger partial charge in [0.05, 0.1) is 11.7 Å². The van der Waals surface area contributed by atoms with E-state index in [-0.39, 0.29) is 6.04 Å². The van der Waals surface area contributed by atoms with E-state index in [0.29, 0.717) is 6.04 Å². The SMILES string of the molecule is CCc1ccc(C(NC2CC2)c2nc(CC)c(C)s2)cc1. The highest BCUT2D eigenvalue weighted by molar-refractivity contribution is 7.11. The molecule has 1 unspecified atom stereocenters. The van der Waals surface area contributed by atoms with Gasteiger partial charge in [-0.1, -0.05) is 38.1 Å². The highest BCUT2D eigenvalue weighted by Gasteiger charge is 2.28. The molecule has 2 nitrogen and oxygen atoms in total. The lowest BCUT2D eigenvalue weighted by molar-refractivity contribution is 0.596. The normalized spacial score (nSPS) is 16.1. The Morgan fingerprint density at radius 2 is 1.90 bits per heavy atom. The molecular weight excluding hydrogens is 276 g/mol. The van der Waals surface area contributed by atoms with Gasteiger partial charge in [-0.05, 0) is 43.7 Å². The van der Waals surface area contributed by atoms with Crippen molar-refractivity contribution in [3.8, 4) is 0 Å². The Bertz CT molecular complexity index is 596. The second-order valence-corrected chi connectivity index (χ2v) is 7.11. The zero-order valence-corrected chi connectivity index (χ0v) is 14.0. The Labute approximate surface area is 131 Å². The van der Waals surface area contributed by atoms with Crippen molar-refractivity contribution in [1.29, 1.82) is 0 Å². The Balaban J connectivity index is 1.91. The first-order valence-electron chi connectivity index (χ1n) is 8.02. The van der Waals surface area contributed by atoms with Crippen molar-refractivity contribution in [2.24, 2.45) is 0 Å². The quantitative estimate of drug-likeness (QED) is 0.854. The second kappa shape index (κ2) is 6.29. The van der Waals surface area contributed by atoms with Gasteiger partial charge < -0.3 is 5.32 Å². The van der Waals surface area contributed by atoms with Crippen molar-refractivity contribution in [1.82, 2.24) is 10.3 Å². The molecule has 0 spiro atoms. The van der Waals surface area contributed by atoms with Gasteiger partial charge in [-0.15, -0.1) is 11.3 Å². The van der Waals surface area contributed by atoms with Crippen LogP contribution in [0, 0.1) is 6.92 Å². The number of benzene rings is 1. The largest absolute Gasteiger partial charge is 0.301 e. The minimum absolute atomic E-state index is 0.257. The molecule has 1 saturated carbocycles. The molecule has 1 aromatic heterocycles. The smallest absolute Gasteiger partial charge is 0.115 e. The van der Waals surface area contributed by atoms with Crippen LogP contribution in [0.4, 0.5) is 0 Å². The monoisotopic (exact) mass is 300 g/mol. The van der Waals surface area contributed by atoms with Crippen LogP contribution >= 0.6 is 11.3 Å². The summed E-state index contributed by atoms with van der Waals surface area (Å²) in [7, 11) is 0. The molecule has 1 aliphatic rings. The molecule has 1 N–H and O–H groups in total. The summed E-state index contributed by atoms with van der Waals surface area (Å²) in [6, 6.07) is 9.96. The first-order chi connectivity index (χ1) is 10.2. The molecule has 1 fully saturated rings. The third-order valence-corrected chi connectivity index (χ3v) is 5.27. The van der Waals surface area contributed by atoms with Gasteiger partial charge in [-0.3, -0.25) is 0 Å². The van der Waals surface area contributed by atoms with Crippen LogP contribution < -0.4 is 5.32 Å². The van der Waals surface area contributed by atoms with Crippen LogP contribution in [0.5, 0.6) is 0 Å². The lowest BCUT2D eigenvalue weighted by Gasteiger charge is -2.17. The van der Waals surface area contributed by atoms with Gasteiger partial charge in [0.25, 0.3) is 0 Å². The number of nitrogens with zero attached hydrogens (tertiary/aromatic N) is 1. The summed E-state index contributed by atoms with van der Waals surface area (Å²) >= 11 is 1.85. The van der Waals surface area contributed by atoms with Gasteiger partial charge in [0, 0.05) is 10.9 Å². The van der Waals surface area contributed by atoms with Crippen LogP contribution in [0.15, 0.2) is 24.3 Å². The maximum absolute atomic E-state index is 4.88. The molecule has 0 amide bonds. The van der Waals surface area contributed by atoms with Gasteiger partial charge in [0.2, 0.25) is 0 Å². The molecular formula is C18H24N2S. The molecule has 21 heavy (non-hydrogen) atoms. The zero-order chi connectivity index (χ0) is 14.8. The van der Waals surface area contributed by atoms with Crippen molar-refractivity contribution >= 4 is 11.3 Å². The van der Waals surface area contributed by atoms with E-state index in [9.17, 15) is 0 Å². The Kier molecular flexibility index (Phi) is 4.41. The molecule has 1 atom stereocenters. The molecule has 1 aromatic carbocycles. The van der Waals surface area contributed by atoms with Gasteiger partial charge in [0.1, 0.15) is 5.01 Å². The standard InChI is InChI=1S/C18H24N2S/c1-4-13-6-8-14(9-7-13)17(19-15-10-11-15)18-20-16(5-2)12(3)21-18/h6-9,15,17,19H,4-5,10-11H2,1-3H3. The van der Waals surface area contributed by atoms with E-state index >= 15 is 0 Å². The van der Waals surface area contributed by atoms with Crippen molar-refractivity contribution in [3.05, 3.63) is 51.0 Å². The maximum atomic E-state index is 4.88. The number of hydrogen-bond acceptors (Lipinski definition) is 3. The van der Waals surface area contributed by atoms with Crippen LogP contribution in [-0.4, -0.2) is 11.0 Å². The Morgan fingerprint density at radius 3 is 2.43 bits per heavy atom. The Hall–Kier alpha value is -1.19. The highest BCUT2D eigenvalue weighted by atomic mass is 32.1. The fourth-order valence-corrected chi connectivity index (χ4v) is 3.74. The first kappa shape index (κ1) is 14.7. The lowest BCUT2D eigenvalue weighted by Crippen LogP contribution is -2.24. The van der Waals surface area contributed by atoms with Crippen molar-refractivity contribution in [2.45, 2.75) is 58.5 Å². The van der Waals surface area contributed by atoms with Gasteiger partial charge in [0.15, 0.2) is 0 Å². The summed E-state index contributed by atoms with van der Waals surface area (Å²) in [6.07, 6.45) is 4.72. The minimum atomic E-state index is 0.257. The fraction of sp³-hybridized carbons (Fsp3) is 0.500. The summed E-state index contributed by atoms with van der Waals surface area (Å²) in [5.74, 6) is 0. The van der Waals surface area contributed by atoms with E-state index < -0.39 is 0 Å². The molecule has 1 aliphatic carbocycles. The van der Waals surface area contributed by atoms with E-state index in [4.69, 9.17) is 4.98 Å². The van der Waals surface area contributed by atoms with Crippen LogP contribution in [0.25, 0.3) is 0 Å². The molecule has 3 rings (SSSR count). The number of nitrogens with one attached hydrogen (secondary N) is 1. The van der Waals surface area contributed by atoms with Gasteiger partial charge in [-0.2, -0.15) is 0 Å². The first-order valence-corrected chi connectivity index (χ1v) is 8.84. The zero-order valence-electron chi connectivity index (χ0n) is 13.1. The summed E-state index contributed by atoms with van der Waals surface area (Å²) < 4.78 is 0. The molecule has 0 radical (unpaired) electrons. The van der Waals surface area contributed by atoms with Crippen LogP contribution in [0.2, 0.25) is 0 Å². The number of thiazole rings is 1. The van der Waals surface area contributed by atoms with E-state index in [2.05, 4.69) is 50.4 Å². The van der Waals surface area contributed by atoms with E-state index in [1.54, 1.807) is 0 Å². The summed E-state index contributed by atoms with van der Waals surface area (Å²) in [5.41, 5.74) is 3.99. The van der Waals surface area contributed by atoms with Crippen LogP contribution in [0.3, 0.4) is 0 Å². The highest BCUT2D eigenvalue weighted by Crippen LogP contribution is 2.32. The van der Waals surface area contributed by atoms with E-state index in [0.717, 1.165) is 12.8 Å². The number of rotatable bonds is 6. The average molecular weight is 300 g/mol. The topological polar surface area (TPSA) is 24.9 Å². The minimum Gasteiger partial charge on any atom is -0.301 e. The maximum Gasteiger partial charge on any atom is 0.115 e. The molecule has 2 aromatic rings. The molecule has 3 heteroatoms. The molecule has 0 bridgehead atoms. The van der Waals surface area contributed by atoms with E-state index in [1.165, 1.54) is 39.5 Å². The average Bonchev–Trinajstić information content (AvgIpc) is 3.26. The summed E-state index contributed by atoms with van der Waals surface area (Å²) in [5, 5.41) is 5.00. The summed E-state index contributed by atoms with van der Waals surface area (Å²) in [6.45, 7) is 6.58. The van der Waals surface area contributed by atoms with E-state index in [1.807, 2.05) is 11.3 Å². The lowest BCUT2D eigenvalue weighted by atomic mass is 10.0. The van der Waals surface area contributed by atoms with Crippen molar-refractivity contribution in [3.63, 3.8) is 0 Å². The predicted octanol–water partition coefficient (Wildman–Crippen LogP) is 4.42. The molecule has 112 valence electrons. The molecule has 0 aliphatic heterocycles. The third-order valence-electron chi connectivity index (χ3n) is 4.19. The fourth-order valence-electron chi connectivity index (χ4n) is 2.64.